The van der Waals surface area contributed by atoms with Crippen LogP contribution >= 0.6 is 11.6 Å². The summed E-state index contributed by atoms with van der Waals surface area (Å²) in [5.74, 6) is -0.953. The SMILES string of the molecule is COc1ccc(Cl)cc1CN[C@H]1[C@H](C(C)(C)C)[C@@H](C(=O)O)N(C(=O)C2CCCO2)[C@H]1c1ccccc1. The van der Waals surface area contributed by atoms with Gasteiger partial charge in [0.25, 0.3) is 5.91 Å². The molecule has 2 aromatic carbocycles. The molecule has 1 amide bonds. The van der Waals surface area contributed by atoms with Crippen LogP contribution in [0.4, 0.5) is 0 Å². The van der Waals surface area contributed by atoms with E-state index in [0.29, 0.717) is 30.3 Å². The van der Waals surface area contributed by atoms with Crippen LogP contribution < -0.4 is 10.1 Å². The van der Waals surface area contributed by atoms with Gasteiger partial charge in [0, 0.05) is 35.7 Å². The number of carbonyl (C=O) groups is 2. The number of nitrogens with one attached hydrogen (secondary N) is 1. The number of hydrogen-bond donors (Lipinski definition) is 2. The molecule has 0 bridgehead atoms. The highest BCUT2D eigenvalue weighted by Gasteiger charge is 2.58. The van der Waals surface area contributed by atoms with E-state index in [0.717, 1.165) is 17.5 Å². The van der Waals surface area contributed by atoms with Gasteiger partial charge < -0.3 is 24.8 Å². The van der Waals surface area contributed by atoms with E-state index < -0.39 is 29.6 Å². The average Bonchev–Trinajstić information content (AvgIpc) is 3.49. The van der Waals surface area contributed by atoms with Crippen LogP contribution in [0.1, 0.15) is 50.8 Å². The maximum absolute atomic E-state index is 13.9. The van der Waals surface area contributed by atoms with Crippen molar-refractivity contribution in [2.75, 3.05) is 13.7 Å². The van der Waals surface area contributed by atoms with Crippen LogP contribution in [0.25, 0.3) is 0 Å². The van der Waals surface area contributed by atoms with E-state index in [4.69, 9.17) is 21.1 Å². The lowest BCUT2D eigenvalue weighted by Gasteiger charge is -2.35. The van der Waals surface area contributed by atoms with Crippen molar-refractivity contribution in [3.8, 4) is 5.75 Å². The van der Waals surface area contributed by atoms with Gasteiger partial charge in [-0.2, -0.15) is 0 Å². The van der Waals surface area contributed by atoms with E-state index in [-0.39, 0.29) is 17.9 Å². The van der Waals surface area contributed by atoms with Crippen molar-refractivity contribution in [2.45, 2.75) is 64.4 Å². The van der Waals surface area contributed by atoms with Crippen LogP contribution in [-0.2, 0) is 20.9 Å². The number of halogens is 1. The molecule has 194 valence electrons. The molecule has 7 nitrogen and oxygen atoms in total. The normalized spacial score (nSPS) is 26.2. The van der Waals surface area contributed by atoms with Gasteiger partial charge in [-0.3, -0.25) is 4.79 Å². The molecule has 2 fully saturated rings. The fourth-order valence-electron chi connectivity index (χ4n) is 5.78. The van der Waals surface area contributed by atoms with Gasteiger partial charge in [-0.05, 0) is 42.0 Å². The predicted octanol–water partition coefficient (Wildman–Crippen LogP) is 4.68. The number of aliphatic carboxylic acids is 1. The maximum atomic E-state index is 13.9. The summed E-state index contributed by atoms with van der Waals surface area (Å²) in [6, 6.07) is 13.3. The molecule has 2 aliphatic rings. The minimum Gasteiger partial charge on any atom is -0.496 e. The van der Waals surface area contributed by atoms with Crippen molar-refractivity contribution >= 4 is 23.5 Å². The second-order valence-electron chi connectivity index (χ2n) is 10.6. The van der Waals surface area contributed by atoms with Gasteiger partial charge in [0.1, 0.15) is 17.9 Å². The van der Waals surface area contributed by atoms with Gasteiger partial charge in [0.15, 0.2) is 0 Å². The zero-order chi connectivity index (χ0) is 26.0. The first-order valence-electron chi connectivity index (χ1n) is 12.4. The molecule has 0 aromatic heterocycles. The highest BCUT2D eigenvalue weighted by atomic mass is 35.5. The van der Waals surface area contributed by atoms with E-state index in [1.807, 2.05) is 63.2 Å². The quantitative estimate of drug-likeness (QED) is 0.557. The van der Waals surface area contributed by atoms with Crippen molar-refractivity contribution in [1.29, 1.82) is 0 Å². The first-order valence-corrected chi connectivity index (χ1v) is 12.8. The molecule has 0 saturated carbocycles. The third-order valence-electron chi connectivity index (χ3n) is 7.29. The summed E-state index contributed by atoms with van der Waals surface area (Å²) < 4.78 is 11.3. The fourth-order valence-corrected chi connectivity index (χ4v) is 5.97. The summed E-state index contributed by atoms with van der Waals surface area (Å²) in [6.07, 6.45) is 0.767. The number of carbonyl (C=O) groups excluding carboxylic acids is 1. The van der Waals surface area contributed by atoms with Gasteiger partial charge in [-0.15, -0.1) is 0 Å². The fraction of sp³-hybridized carbons (Fsp3) is 0.500. The van der Waals surface area contributed by atoms with E-state index in [2.05, 4.69) is 5.32 Å². The molecule has 2 aromatic rings. The molecule has 5 atom stereocenters. The summed E-state index contributed by atoms with van der Waals surface area (Å²) in [5, 5.41) is 14.7. The molecule has 0 aliphatic carbocycles. The second kappa shape index (κ2) is 10.8. The number of carboxylic acids is 1. The number of nitrogens with zero attached hydrogens (tertiary/aromatic N) is 1. The Morgan fingerprint density at radius 2 is 1.92 bits per heavy atom. The number of ether oxygens (including phenoxy) is 2. The predicted molar refractivity (Wildman–Crippen MR) is 138 cm³/mol. The third kappa shape index (κ3) is 5.24. The van der Waals surface area contributed by atoms with Gasteiger partial charge in [-0.1, -0.05) is 62.7 Å². The smallest absolute Gasteiger partial charge is 0.326 e. The Kier molecular flexibility index (Phi) is 7.93. The van der Waals surface area contributed by atoms with Crippen molar-refractivity contribution in [3.63, 3.8) is 0 Å². The number of likely N-dealkylation sites (tertiary alicyclic amines) is 1. The monoisotopic (exact) mass is 514 g/mol. The molecule has 1 unspecified atom stereocenters. The number of carboxylic acid groups (broad SMARTS) is 1. The Morgan fingerprint density at radius 1 is 1.19 bits per heavy atom. The van der Waals surface area contributed by atoms with Gasteiger partial charge in [0.05, 0.1) is 13.2 Å². The molecule has 36 heavy (non-hydrogen) atoms. The maximum Gasteiger partial charge on any atom is 0.326 e. The molecular weight excluding hydrogens is 480 g/mol. The topological polar surface area (TPSA) is 88.1 Å². The molecule has 2 N–H and O–H groups in total. The van der Waals surface area contributed by atoms with Crippen molar-refractivity contribution in [2.24, 2.45) is 11.3 Å². The first kappa shape index (κ1) is 26.5. The van der Waals surface area contributed by atoms with Crippen molar-refractivity contribution in [1.82, 2.24) is 10.2 Å². The number of methoxy groups -OCH3 is 1. The summed E-state index contributed by atoms with van der Waals surface area (Å²) >= 11 is 6.27. The molecule has 0 radical (unpaired) electrons. The lowest BCUT2D eigenvalue weighted by atomic mass is 9.72. The summed E-state index contributed by atoms with van der Waals surface area (Å²) in [4.78, 5) is 28.3. The molecule has 0 spiro atoms. The van der Waals surface area contributed by atoms with Crippen LogP contribution in [-0.4, -0.2) is 53.8 Å². The van der Waals surface area contributed by atoms with E-state index in [9.17, 15) is 14.7 Å². The standard InChI is InChI=1S/C28H35ClN2O5/c1-28(2,3)22-23(30-16-18-15-19(29)12-13-20(18)35-4)24(17-9-6-5-7-10-17)31(25(22)27(33)34)26(32)21-11-8-14-36-21/h5-7,9-10,12-13,15,21-25,30H,8,11,14,16H2,1-4H3,(H,33,34)/t21?,22-,23-,24-,25-/m0/s1. The Hall–Kier alpha value is -2.61. The Morgan fingerprint density at radius 3 is 2.50 bits per heavy atom. The van der Waals surface area contributed by atoms with E-state index in [1.165, 1.54) is 0 Å². The van der Waals surface area contributed by atoms with Crippen LogP contribution in [0, 0.1) is 11.3 Å². The van der Waals surface area contributed by atoms with Crippen LogP contribution in [0.3, 0.4) is 0 Å². The molecule has 2 aliphatic heterocycles. The Labute approximate surface area is 217 Å². The van der Waals surface area contributed by atoms with Crippen molar-refractivity contribution < 1.29 is 24.2 Å². The van der Waals surface area contributed by atoms with Crippen LogP contribution in [0.2, 0.25) is 5.02 Å². The summed E-state index contributed by atoms with van der Waals surface area (Å²) in [6.45, 7) is 7.01. The number of benzene rings is 2. The number of amides is 1. The lowest BCUT2D eigenvalue weighted by Crippen LogP contribution is -2.50. The number of hydrogen-bond acceptors (Lipinski definition) is 5. The molecular formula is C28H35ClN2O5. The van der Waals surface area contributed by atoms with Gasteiger partial charge in [0.2, 0.25) is 0 Å². The highest BCUT2D eigenvalue weighted by Crippen LogP contribution is 2.48. The van der Waals surface area contributed by atoms with Gasteiger partial charge >= 0.3 is 5.97 Å². The summed E-state index contributed by atoms with van der Waals surface area (Å²) in [7, 11) is 1.61. The number of rotatable bonds is 7. The molecule has 2 saturated heterocycles. The van der Waals surface area contributed by atoms with Crippen molar-refractivity contribution in [3.05, 3.63) is 64.7 Å². The Bertz CT molecular complexity index is 1080. The minimum atomic E-state index is -1.01. The molecule has 2 heterocycles. The second-order valence-corrected chi connectivity index (χ2v) is 11.1. The highest BCUT2D eigenvalue weighted by molar-refractivity contribution is 6.30. The van der Waals surface area contributed by atoms with E-state index >= 15 is 0 Å². The molecule has 4 rings (SSSR count). The Balaban J connectivity index is 1.81. The van der Waals surface area contributed by atoms with Gasteiger partial charge in [-0.25, -0.2) is 4.79 Å². The largest absolute Gasteiger partial charge is 0.496 e. The molecule has 8 heteroatoms. The van der Waals surface area contributed by atoms with Crippen LogP contribution in [0.5, 0.6) is 5.75 Å². The zero-order valence-electron chi connectivity index (χ0n) is 21.2. The summed E-state index contributed by atoms with van der Waals surface area (Å²) in [5.41, 5.74) is 1.33. The zero-order valence-corrected chi connectivity index (χ0v) is 22.0. The first-order chi connectivity index (χ1) is 17.1. The van der Waals surface area contributed by atoms with Crippen LogP contribution in [0.15, 0.2) is 48.5 Å². The third-order valence-corrected chi connectivity index (χ3v) is 7.53. The average molecular weight is 515 g/mol. The lowest BCUT2D eigenvalue weighted by molar-refractivity contribution is -0.156. The van der Waals surface area contributed by atoms with E-state index in [1.54, 1.807) is 18.1 Å². The minimum absolute atomic E-state index is 0.257.